The van der Waals surface area contributed by atoms with Gasteiger partial charge in [-0.3, -0.25) is 10.1 Å². The maximum absolute atomic E-state index is 10.9. The van der Waals surface area contributed by atoms with Crippen LogP contribution in [-0.2, 0) is 13.0 Å². The van der Waals surface area contributed by atoms with E-state index in [9.17, 15) is 15.2 Å². The Morgan fingerprint density at radius 1 is 1.05 bits per heavy atom. The van der Waals surface area contributed by atoms with Crippen molar-refractivity contribution in [1.82, 2.24) is 5.32 Å². The molecule has 2 N–H and O–H groups in total. The molecule has 20 heavy (non-hydrogen) atoms. The minimum absolute atomic E-state index is 0.150. The van der Waals surface area contributed by atoms with Crippen molar-refractivity contribution in [2.75, 3.05) is 6.54 Å². The summed E-state index contributed by atoms with van der Waals surface area (Å²) in [5, 5.41) is 23.7. The van der Waals surface area contributed by atoms with Gasteiger partial charge in [0.05, 0.1) is 4.92 Å². The Balaban J connectivity index is 1.88. The fourth-order valence-corrected chi connectivity index (χ4v) is 2.01. The molecule has 0 spiro atoms. The molecule has 104 valence electrons. The number of nitrogens with zero attached hydrogens (tertiary/aromatic N) is 1. The fourth-order valence-electron chi connectivity index (χ4n) is 2.01. The van der Waals surface area contributed by atoms with Gasteiger partial charge < -0.3 is 10.4 Å². The number of rotatable bonds is 6. The molecule has 5 nitrogen and oxygen atoms in total. The summed E-state index contributed by atoms with van der Waals surface area (Å²) >= 11 is 0. The lowest BCUT2D eigenvalue weighted by atomic mass is 10.1. The van der Waals surface area contributed by atoms with Gasteiger partial charge in [0.25, 0.3) is 5.69 Å². The molecule has 0 aliphatic rings. The van der Waals surface area contributed by atoms with Crippen molar-refractivity contribution in [3.8, 4) is 5.75 Å². The van der Waals surface area contributed by atoms with Gasteiger partial charge in [-0.2, -0.15) is 0 Å². The van der Waals surface area contributed by atoms with Crippen LogP contribution < -0.4 is 5.32 Å². The molecular weight excluding hydrogens is 256 g/mol. The average Bonchev–Trinajstić information content (AvgIpc) is 2.45. The van der Waals surface area contributed by atoms with Gasteiger partial charge in [-0.05, 0) is 19.0 Å². The third kappa shape index (κ3) is 3.55. The van der Waals surface area contributed by atoms with Crippen molar-refractivity contribution >= 4 is 5.69 Å². The first-order valence-electron chi connectivity index (χ1n) is 6.38. The first kappa shape index (κ1) is 14.0. The summed E-state index contributed by atoms with van der Waals surface area (Å²) in [6, 6.07) is 13.8. The maximum atomic E-state index is 10.9. The molecular formula is C15H16N2O3. The smallest absolute Gasteiger partial charge is 0.272 e. The molecule has 0 saturated carbocycles. The lowest BCUT2D eigenvalue weighted by molar-refractivity contribution is -0.385. The van der Waals surface area contributed by atoms with Crippen LogP contribution >= 0.6 is 0 Å². The second-order valence-corrected chi connectivity index (χ2v) is 4.44. The van der Waals surface area contributed by atoms with Crippen LogP contribution in [0.25, 0.3) is 0 Å². The van der Waals surface area contributed by atoms with E-state index in [4.69, 9.17) is 0 Å². The van der Waals surface area contributed by atoms with Gasteiger partial charge in [-0.25, -0.2) is 0 Å². The first-order valence-corrected chi connectivity index (χ1v) is 6.38. The minimum atomic E-state index is -0.363. The second kappa shape index (κ2) is 6.68. The molecule has 0 saturated heterocycles. The van der Waals surface area contributed by atoms with Crippen molar-refractivity contribution in [2.45, 2.75) is 13.0 Å². The number of para-hydroxylation sites is 2. The molecule has 0 aliphatic carbocycles. The van der Waals surface area contributed by atoms with Crippen molar-refractivity contribution in [1.29, 1.82) is 0 Å². The zero-order valence-electron chi connectivity index (χ0n) is 11.0. The van der Waals surface area contributed by atoms with Crippen LogP contribution in [0.3, 0.4) is 0 Å². The quantitative estimate of drug-likeness (QED) is 0.481. The monoisotopic (exact) mass is 272 g/mol. The zero-order valence-corrected chi connectivity index (χ0v) is 11.0. The Kier molecular flexibility index (Phi) is 4.68. The van der Waals surface area contributed by atoms with E-state index in [1.807, 2.05) is 12.1 Å². The highest BCUT2D eigenvalue weighted by Crippen LogP contribution is 2.18. The van der Waals surface area contributed by atoms with E-state index in [2.05, 4.69) is 5.32 Å². The number of hydrogen-bond donors (Lipinski definition) is 2. The Morgan fingerprint density at radius 2 is 1.70 bits per heavy atom. The zero-order chi connectivity index (χ0) is 14.4. The molecule has 2 rings (SSSR count). The number of phenolic OH excluding ortho intramolecular Hbond substituents is 1. The lowest BCUT2D eigenvalue weighted by Crippen LogP contribution is -2.17. The number of phenols is 1. The standard InChI is InChI=1S/C15H16N2O3/c18-15-8-4-2-6-13(15)11-16-10-9-12-5-1-3-7-14(12)17(19)20/h1-8,16,18H,9-11H2. The summed E-state index contributed by atoms with van der Waals surface area (Å²) in [5.41, 5.74) is 1.68. The third-order valence-electron chi connectivity index (χ3n) is 3.07. The van der Waals surface area contributed by atoms with E-state index >= 15 is 0 Å². The van der Waals surface area contributed by atoms with Gasteiger partial charge in [-0.15, -0.1) is 0 Å². The summed E-state index contributed by atoms with van der Waals surface area (Å²) in [6.07, 6.45) is 0.574. The van der Waals surface area contributed by atoms with Crippen molar-refractivity contribution in [3.63, 3.8) is 0 Å². The number of nitro benzene ring substituents is 1. The molecule has 5 heteroatoms. The number of nitro groups is 1. The van der Waals surface area contributed by atoms with Crippen LogP contribution in [0.4, 0.5) is 5.69 Å². The molecule has 2 aromatic carbocycles. The highest BCUT2D eigenvalue weighted by molar-refractivity contribution is 5.40. The van der Waals surface area contributed by atoms with Crippen molar-refractivity contribution < 1.29 is 10.0 Å². The van der Waals surface area contributed by atoms with E-state index in [1.165, 1.54) is 6.07 Å². The van der Waals surface area contributed by atoms with Gasteiger partial charge in [0.1, 0.15) is 5.75 Å². The molecule has 0 aliphatic heterocycles. The number of benzene rings is 2. The molecule has 0 heterocycles. The Morgan fingerprint density at radius 3 is 2.40 bits per heavy atom. The van der Waals surface area contributed by atoms with E-state index in [1.54, 1.807) is 30.3 Å². The normalized spacial score (nSPS) is 10.4. The first-order chi connectivity index (χ1) is 9.68. The van der Waals surface area contributed by atoms with E-state index in [-0.39, 0.29) is 16.4 Å². The number of aromatic hydroxyl groups is 1. The fraction of sp³-hybridized carbons (Fsp3) is 0.200. The van der Waals surface area contributed by atoms with Gasteiger partial charge in [0.2, 0.25) is 0 Å². The molecule has 0 radical (unpaired) electrons. The lowest BCUT2D eigenvalue weighted by Gasteiger charge is -2.07. The molecule has 0 fully saturated rings. The Hall–Kier alpha value is -2.40. The van der Waals surface area contributed by atoms with Gasteiger partial charge >= 0.3 is 0 Å². The predicted octanol–water partition coefficient (Wildman–Crippen LogP) is 2.63. The summed E-state index contributed by atoms with van der Waals surface area (Å²) in [7, 11) is 0. The van der Waals surface area contributed by atoms with Crippen LogP contribution in [-0.4, -0.2) is 16.6 Å². The molecule has 0 atom stereocenters. The Labute approximate surface area is 117 Å². The number of hydrogen-bond acceptors (Lipinski definition) is 4. The topological polar surface area (TPSA) is 75.4 Å². The van der Waals surface area contributed by atoms with Crippen LogP contribution in [0.15, 0.2) is 48.5 Å². The molecule has 0 amide bonds. The van der Waals surface area contributed by atoms with Crippen LogP contribution in [0.2, 0.25) is 0 Å². The summed E-state index contributed by atoms with van der Waals surface area (Å²) in [4.78, 5) is 10.5. The molecule has 0 aromatic heterocycles. The maximum Gasteiger partial charge on any atom is 0.272 e. The van der Waals surface area contributed by atoms with E-state index in [0.717, 1.165) is 5.56 Å². The largest absolute Gasteiger partial charge is 0.508 e. The van der Waals surface area contributed by atoms with Crippen LogP contribution in [0.5, 0.6) is 5.75 Å². The summed E-state index contributed by atoms with van der Waals surface area (Å²) < 4.78 is 0. The molecule has 0 bridgehead atoms. The van der Waals surface area contributed by atoms with Crippen molar-refractivity contribution in [3.05, 3.63) is 69.8 Å². The number of nitrogens with one attached hydrogen (secondary N) is 1. The predicted molar refractivity (Wildman–Crippen MR) is 76.6 cm³/mol. The highest BCUT2D eigenvalue weighted by atomic mass is 16.6. The van der Waals surface area contributed by atoms with Crippen LogP contribution in [0, 0.1) is 10.1 Å². The highest BCUT2D eigenvalue weighted by Gasteiger charge is 2.11. The van der Waals surface area contributed by atoms with Gasteiger partial charge in [0.15, 0.2) is 0 Å². The van der Waals surface area contributed by atoms with Gasteiger partial charge in [-0.1, -0.05) is 36.4 Å². The van der Waals surface area contributed by atoms with Crippen molar-refractivity contribution in [2.24, 2.45) is 0 Å². The SMILES string of the molecule is O=[N+]([O-])c1ccccc1CCNCc1ccccc1O. The molecule has 0 unspecified atom stereocenters. The molecule has 2 aromatic rings. The second-order valence-electron chi connectivity index (χ2n) is 4.44. The summed E-state index contributed by atoms with van der Waals surface area (Å²) in [6.45, 7) is 1.15. The Bertz CT molecular complexity index is 599. The average molecular weight is 272 g/mol. The van der Waals surface area contributed by atoms with E-state index < -0.39 is 0 Å². The minimum Gasteiger partial charge on any atom is -0.508 e. The van der Waals surface area contributed by atoms with Gasteiger partial charge in [0, 0.05) is 23.7 Å². The van der Waals surface area contributed by atoms with Crippen LogP contribution in [0.1, 0.15) is 11.1 Å². The van der Waals surface area contributed by atoms with E-state index in [0.29, 0.717) is 25.1 Å². The summed E-state index contributed by atoms with van der Waals surface area (Å²) in [5.74, 6) is 0.255. The third-order valence-corrected chi connectivity index (χ3v) is 3.07.